The summed E-state index contributed by atoms with van der Waals surface area (Å²) in [5, 5.41) is 0. The van der Waals surface area contributed by atoms with Crippen molar-refractivity contribution >= 4 is 5.91 Å². The molecule has 3 nitrogen and oxygen atoms in total. The first kappa shape index (κ1) is 13.0. The molecule has 0 aromatic carbocycles. The molecule has 82 valence electrons. The minimum Gasteiger partial charge on any atom is -0.402 e. The van der Waals surface area contributed by atoms with Gasteiger partial charge in [-0.3, -0.25) is 4.79 Å². The van der Waals surface area contributed by atoms with E-state index in [0.29, 0.717) is 5.57 Å². The normalized spacial score (nSPS) is 12.3. The summed E-state index contributed by atoms with van der Waals surface area (Å²) >= 11 is 0. The molecule has 0 bridgehead atoms. The second-order valence-electron chi connectivity index (χ2n) is 3.38. The van der Waals surface area contributed by atoms with Gasteiger partial charge >= 0.3 is 0 Å². The Morgan fingerprint density at radius 2 is 1.71 bits per heavy atom. The van der Waals surface area contributed by atoms with Gasteiger partial charge in [0.05, 0.1) is 0 Å². The maximum atomic E-state index is 11.8. The van der Waals surface area contributed by atoms with Crippen LogP contribution in [0, 0.1) is 0 Å². The van der Waals surface area contributed by atoms with Crippen LogP contribution in [0.25, 0.3) is 0 Å². The second kappa shape index (κ2) is 6.46. The molecule has 0 atom stereocenters. The molecule has 0 spiro atoms. The molecule has 0 fully saturated rings. The molecular formula is C11H22N2O. The lowest BCUT2D eigenvalue weighted by Crippen LogP contribution is -2.32. The van der Waals surface area contributed by atoms with Crippen LogP contribution in [-0.2, 0) is 4.79 Å². The summed E-state index contributed by atoms with van der Waals surface area (Å²) in [6.07, 6.45) is 1.79. The van der Waals surface area contributed by atoms with Crippen LogP contribution < -0.4 is 5.73 Å². The average molecular weight is 198 g/mol. The molecule has 0 aliphatic rings. The summed E-state index contributed by atoms with van der Waals surface area (Å²) in [6.45, 7) is 9.31. The monoisotopic (exact) mass is 198 g/mol. The highest BCUT2D eigenvalue weighted by Crippen LogP contribution is 2.08. The van der Waals surface area contributed by atoms with Crippen LogP contribution in [0.1, 0.15) is 40.5 Å². The summed E-state index contributed by atoms with van der Waals surface area (Å²) in [5.41, 5.74) is 7.24. The van der Waals surface area contributed by atoms with Crippen LogP contribution in [0.15, 0.2) is 11.3 Å². The van der Waals surface area contributed by atoms with E-state index in [1.54, 1.807) is 4.90 Å². The largest absolute Gasteiger partial charge is 0.402 e. The molecule has 1 amide bonds. The molecule has 0 radical (unpaired) electrons. The fourth-order valence-corrected chi connectivity index (χ4v) is 1.34. The Labute approximate surface area is 87.0 Å². The van der Waals surface area contributed by atoms with Crippen LogP contribution in [-0.4, -0.2) is 23.9 Å². The van der Waals surface area contributed by atoms with E-state index in [1.807, 2.05) is 20.8 Å². The molecule has 0 saturated carbocycles. The van der Waals surface area contributed by atoms with Gasteiger partial charge in [-0.05, 0) is 27.2 Å². The zero-order valence-electron chi connectivity index (χ0n) is 9.76. The summed E-state index contributed by atoms with van der Waals surface area (Å²) < 4.78 is 0. The van der Waals surface area contributed by atoms with Crippen molar-refractivity contribution in [1.82, 2.24) is 4.90 Å². The van der Waals surface area contributed by atoms with E-state index in [-0.39, 0.29) is 5.91 Å². The van der Waals surface area contributed by atoms with Crippen LogP contribution in [0.3, 0.4) is 0 Å². The van der Waals surface area contributed by atoms with E-state index >= 15 is 0 Å². The van der Waals surface area contributed by atoms with E-state index in [9.17, 15) is 4.79 Å². The van der Waals surface area contributed by atoms with Gasteiger partial charge in [0, 0.05) is 24.4 Å². The first-order chi connectivity index (χ1) is 6.58. The highest BCUT2D eigenvalue weighted by molar-refractivity contribution is 5.93. The maximum absolute atomic E-state index is 11.8. The lowest BCUT2D eigenvalue weighted by Gasteiger charge is -2.19. The maximum Gasteiger partial charge on any atom is 0.251 e. The Bertz CT molecular complexity index is 217. The van der Waals surface area contributed by atoms with Gasteiger partial charge in [-0.25, -0.2) is 0 Å². The van der Waals surface area contributed by atoms with Crippen LogP contribution in [0.5, 0.6) is 0 Å². The van der Waals surface area contributed by atoms with E-state index < -0.39 is 0 Å². The van der Waals surface area contributed by atoms with Crippen molar-refractivity contribution in [1.29, 1.82) is 0 Å². The van der Waals surface area contributed by atoms with Crippen LogP contribution >= 0.6 is 0 Å². The number of nitrogens with two attached hydrogens (primary N) is 1. The second-order valence-corrected chi connectivity index (χ2v) is 3.38. The minimum atomic E-state index is 0.0703. The summed E-state index contributed by atoms with van der Waals surface area (Å²) in [5.74, 6) is 0.0703. The molecule has 2 N–H and O–H groups in total. The van der Waals surface area contributed by atoms with Crippen molar-refractivity contribution in [3.05, 3.63) is 11.3 Å². The summed E-state index contributed by atoms with van der Waals surface area (Å²) in [7, 11) is 0. The Balaban J connectivity index is 4.58. The van der Waals surface area contributed by atoms with Crippen molar-refractivity contribution < 1.29 is 4.79 Å². The average Bonchev–Trinajstić information content (AvgIpc) is 2.18. The Morgan fingerprint density at radius 3 is 2.07 bits per heavy atom. The van der Waals surface area contributed by atoms with Gasteiger partial charge in [0.15, 0.2) is 0 Å². The van der Waals surface area contributed by atoms with E-state index in [2.05, 4.69) is 6.92 Å². The number of hydrogen-bond donors (Lipinski definition) is 1. The highest BCUT2D eigenvalue weighted by atomic mass is 16.2. The predicted octanol–water partition coefficient (Wildman–Crippen LogP) is 1.89. The molecule has 0 aromatic heterocycles. The third-order valence-electron chi connectivity index (χ3n) is 2.37. The number of allylic oxidation sites excluding steroid dienone is 1. The molecule has 14 heavy (non-hydrogen) atoms. The highest BCUT2D eigenvalue weighted by Gasteiger charge is 2.13. The van der Waals surface area contributed by atoms with E-state index in [0.717, 1.165) is 31.6 Å². The van der Waals surface area contributed by atoms with Crippen molar-refractivity contribution in [2.75, 3.05) is 13.1 Å². The lowest BCUT2D eigenvalue weighted by atomic mass is 10.1. The number of nitrogens with zero attached hydrogens (tertiary/aromatic N) is 1. The number of rotatable bonds is 5. The summed E-state index contributed by atoms with van der Waals surface area (Å²) in [6, 6.07) is 0. The van der Waals surface area contributed by atoms with Gasteiger partial charge in [-0.15, -0.1) is 0 Å². The Kier molecular flexibility index (Phi) is 6.00. The first-order valence-corrected chi connectivity index (χ1v) is 5.32. The minimum absolute atomic E-state index is 0.0703. The number of likely N-dealkylation sites (N-methyl/N-ethyl adjacent to an activating group) is 1. The molecule has 0 saturated heterocycles. The molecule has 0 rings (SSSR count). The number of carbonyl (C=O) groups is 1. The third kappa shape index (κ3) is 3.40. The predicted molar refractivity (Wildman–Crippen MR) is 59.7 cm³/mol. The van der Waals surface area contributed by atoms with Crippen LogP contribution in [0.4, 0.5) is 0 Å². The molecule has 0 aliphatic heterocycles. The third-order valence-corrected chi connectivity index (χ3v) is 2.37. The van der Waals surface area contributed by atoms with Crippen molar-refractivity contribution in [3.8, 4) is 0 Å². The van der Waals surface area contributed by atoms with Gasteiger partial charge in [0.25, 0.3) is 5.91 Å². The van der Waals surface area contributed by atoms with Gasteiger partial charge in [-0.2, -0.15) is 0 Å². The van der Waals surface area contributed by atoms with Crippen molar-refractivity contribution in [2.24, 2.45) is 5.73 Å². The topological polar surface area (TPSA) is 46.3 Å². The van der Waals surface area contributed by atoms with Crippen LogP contribution in [0.2, 0.25) is 0 Å². The quantitative estimate of drug-likeness (QED) is 0.686. The molecule has 3 heteroatoms. The van der Waals surface area contributed by atoms with Gasteiger partial charge in [0.2, 0.25) is 0 Å². The standard InChI is InChI=1S/C11H22N2O/c1-5-8-10(12)9(4)11(14)13(6-2)7-3/h5-8,12H2,1-4H3. The van der Waals surface area contributed by atoms with Crippen molar-refractivity contribution in [2.45, 2.75) is 40.5 Å². The molecule has 0 heterocycles. The molecule has 0 aromatic rings. The van der Waals surface area contributed by atoms with Gasteiger partial charge in [0.1, 0.15) is 0 Å². The first-order valence-electron chi connectivity index (χ1n) is 5.32. The zero-order chi connectivity index (χ0) is 11.1. The Morgan fingerprint density at radius 1 is 1.21 bits per heavy atom. The van der Waals surface area contributed by atoms with Gasteiger partial charge < -0.3 is 10.6 Å². The fraction of sp³-hybridized carbons (Fsp3) is 0.727. The summed E-state index contributed by atoms with van der Waals surface area (Å²) in [4.78, 5) is 13.6. The molecular weight excluding hydrogens is 176 g/mol. The van der Waals surface area contributed by atoms with E-state index in [4.69, 9.17) is 5.73 Å². The smallest absolute Gasteiger partial charge is 0.251 e. The van der Waals surface area contributed by atoms with E-state index in [1.165, 1.54) is 0 Å². The number of amides is 1. The SMILES string of the molecule is CCCC(N)=C(C)C(=O)N(CC)CC. The lowest BCUT2D eigenvalue weighted by molar-refractivity contribution is -0.126. The fourth-order valence-electron chi connectivity index (χ4n) is 1.34. The number of hydrogen-bond acceptors (Lipinski definition) is 2. The molecule has 0 unspecified atom stereocenters. The van der Waals surface area contributed by atoms with Crippen molar-refractivity contribution in [3.63, 3.8) is 0 Å². The van der Waals surface area contributed by atoms with Gasteiger partial charge in [-0.1, -0.05) is 13.3 Å². The number of carbonyl (C=O) groups excluding carboxylic acids is 1. The molecule has 0 aliphatic carbocycles. The zero-order valence-corrected chi connectivity index (χ0v) is 9.76. The Hall–Kier alpha value is -0.990.